The van der Waals surface area contributed by atoms with Gasteiger partial charge in [-0.25, -0.2) is 4.79 Å². The Bertz CT molecular complexity index is 1910. The van der Waals surface area contributed by atoms with E-state index in [0.29, 0.717) is 30.1 Å². The van der Waals surface area contributed by atoms with Crippen molar-refractivity contribution in [2.45, 2.75) is 174 Å². The number of fused-ring (bicyclic) bond motifs is 2. The minimum atomic E-state index is -1.45. The first kappa shape index (κ1) is 55.0. The summed E-state index contributed by atoms with van der Waals surface area (Å²) in [6, 6.07) is 11.3. The summed E-state index contributed by atoms with van der Waals surface area (Å²) < 4.78 is 33.2. The van der Waals surface area contributed by atoms with Crippen LogP contribution < -0.4 is 9.47 Å². The Morgan fingerprint density at radius 1 is 0.838 bits per heavy atom. The topological polar surface area (TPSA) is 149 Å². The van der Waals surface area contributed by atoms with E-state index in [-0.39, 0.29) is 77.0 Å². The Morgan fingerprint density at radius 3 is 2.18 bits per heavy atom. The molecule has 0 spiro atoms. The van der Waals surface area contributed by atoms with Gasteiger partial charge in [0, 0.05) is 37.7 Å². The second kappa shape index (κ2) is 28.0. The van der Waals surface area contributed by atoms with Crippen molar-refractivity contribution in [3.8, 4) is 17.2 Å². The average Bonchev–Trinajstić information content (AvgIpc) is 3.31. The fourth-order valence-electron chi connectivity index (χ4n) is 10.4. The van der Waals surface area contributed by atoms with Gasteiger partial charge in [-0.05, 0) is 126 Å². The molecule has 6 atom stereocenters. The monoisotopic (exact) mass is 947 g/mol. The summed E-state index contributed by atoms with van der Waals surface area (Å²) in [5, 5.41) is 34.6. The Labute approximate surface area is 408 Å². The van der Waals surface area contributed by atoms with Gasteiger partial charge in [0.2, 0.25) is 5.79 Å². The van der Waals surface area contributed by atoms with Gasteiger partial charge in [-0.15, -0.1) is 6.58 Å². The second-order valence-corrected chi connectivity index (χ2v) is 20.2. The molecule has 3 N–H and O–H groups in total. The number of ether oxygens (including phenoxy) is 5. The van der Waals surface area contributed by atoms with Gasteiger partial charge in [0.15, 0.2) is 0 Å². The lowest BCUT2D eigenvalue weighted by atomic mass is 9.55. The molecule has 5 rings (SSSR count). The molecule has 0 bridgehead atoms. The largest absolute Gasteiger partial charge is 0.459 e. The predicted octanol–water partition coefficient (Wildman–Crippen LogP) is 11.9. The number of hydrogen-bond acceptors (Lipinski definition) is 11. The summed E-state index contributed by atoms with van der Waals surface area (Å²) in [5.41, 5.74) is 4.34. The zero-order chi connectivity index (χ0) is 48.9. The molecular weight excluding hydrogens is 861 g/mol. The number of allylic oxidation sites excluding steroid dienone is 1. The Kier molecular flexibility index (Phi) is 22.7. The maximum atomic E-state index is 14.8. The third kappa shape index (κ3) is 15.3. The van der Waals surface area contributed by atoms with Crippen LogP contribution in [0.4, 0.5) is 4.79 Å². The maximum Gasteiger partial charge on any atom is 0.410 e. The van der Waals surface area contributed by atoms with E-state index in [1.54, 1.807) is 11.0 Å². The summed E-state index contributed by atoms with van der Waals surface area (Å²) >= 11 is 0. The zero-order valence-electron chi connectivity index (χ0n) is 42.5. The smallest absolute Gasteiger partial charge is 0.410 e. The van der Waals surface area contributed by atoms with Crippen LogP contribution in [0.15, 0.2) is 65.9 Å². The average molecular weight is 947 g/mol. The van der Waals surface area contributed by atoms with Crippen molar-refractivity contribution in [1.82, 2.24) is 4.90 Å². The van der Waals surface area contributed by atoms with Crippen LogP contribution in [0.5, 0.6) is 17.2 Å². The molecule has 380 valence electrons. The molecule has 2 aromatic carbocycles. The summed E-state index contributed by atoms with van der Waals surface area (Å²) in [5.74, 6) is 0.0140. The van der Waals surface area contributed by atoms with Crippen molar-refractivity contribution in [2.75, 3.05) is 52.8 Å². The third-order valence-corrected chi connectivity index (χ3v) is 13.8. The molecule has 0 saturated heterocycles. The van der Waals surface area contributed by atoms with Gasteiger partial charge in [0.25, 0.3) is 0 Å². The van der Waals surface area contributed by atoms with Crippen LogP contribution in [0, 0.1) is 31.6 Å². The number of carbonyl (C=O) groups is 1. The number of aliphatic hydroxyl groups excluding tert-OH is 3. The maximum absolute atomic E-state index is 14.8. The van der Waals surface area contributed by atoms with E-state index in [2.05, 4.69) is 45.6 Å². The number of rotatable bonds is 31. The van der Waals surface area contributed by atoms with Gasteiger partial charge in [-0.2, -0.15) is 0 Å². The van der Waals surface area contributed by atoms with Crippen LogP contribution in [-0.2, 0) is 19.0 Å². The number of nitrogens with zero attached hydrogens (tertiary/aromatic N) is 2. The number of carbonyl (C=O) groups excluding carboxylic acids is 1. The van der Waals surface area contributed by atoms with Crippen molar-refractivity contribution in [3.05, 3.63) is 77.4 Å². The van der Waals surface area contributed by atoms with Gasteiger partial charge in [-0.1, -0.05) is 101 Å². The highest BCUT2D eigenvalue weighted by atomic mass is 16.7. The van der Waals surface area contributed by atoms with Crippen LogP contribution in [0.3, 0.4) is 0 Å². The first-order valence-corrected chi connectivity index (χ1v) is 26.0. The number of hydrogen-bond donors (Lipinski definition) is 3. The number of oxime groups is 1. The molecule has 1 fully saturated rings. The van der Waals surface area contributed by atoms with Gasteiger partial charge in [0.05, 0.1) is 44.7 Å². The standard InChI is InChI=1S/C56H86N2O10/c1-8-10-11-12-13-14-15-16-17-22-34-64-54(62)58(29-35-63-36-32-61)51-40-49(57-68-55(5,6)7)47-38-43(23-18-20-30-59)46(24-19-21-31-60)52-48-39-45(66-44-26-25-41(3)42(4)37-44)27-28-50(48)67-56(51,53(47)52)65-33-9-2/h9,25-28,37-39,43,46,51-53,59-61H,2,8,10-24,29-36,40H2,1,3-7H3. The molecule has 1 amide bonds. The SMILES string of the molecule is C=CCOC12Oc3ccc(Oc4ccc(C)c(C)c4)cc3C3C(CCCCO)C(CCCCO)C=C(C(=NOC(C)(C)C)CC1N(CCOCCO)C(=O)OCCCCCCCCCCCC)C32. The highest BCUT2D eigenvalue weighted by Crippen LogP contribution is 2.62. The molecule has 6 unspecified atom stereocenters. The van der Waals surface area contributed by atoms with E-state index < -0.39 is 29.4 Å². The molecule has 1 saturated carbocycles. The highest BCUT2D eigenvalue weighted by molar-refractivity contribution is 6.03. The van der Waals surface area contributed by atoms with E-state index in [0.717, 1.165) is 67.4 Å². The molecule has 2 aromatic rings. The Balaban J connectivity index is 1.63. The van der Waals surface area contributed by atoms with Gasteiger partial charge >= 0.3 is 6.09 Å². The number of aryl methyl sites for hydroxylation is 2. The van der Waals surface area contributed by atoms with E-state index >= 15 is 0 Å². The molecule has 2 aliphatic carbocycles. The quantitative estimate of drug-likeness (QED) is 0.0379. The van der Waals surface area contributed by atoms with Crippen LogP contribution in [0.1, 0.15) is 159 Å². The molecule has 1 heterocycles. The summed E-state index contributed by atoms with van der Waals surface area (Å²) in [6.07, 6.45) is 20.1. The van der Waals surface area contributed by atoms with E-state index in [1.807, 2.05) is 45.0 Å². The second-order valence-electron chi connectivity index (χ2n) is 20.2. The fourth-order valence-corrected chi connectivity index (χ4v) is 10.4. The minimum absolute atomic E-state index is 0.0494. The summed E-state index contributed by atoms with van der Waals surface area (Å²) in [6.45, 7) is 17.3. The van der Waals surface area contributed by atoms with Crippen molar-refractivity contribution in [1.29, 1.82) is 0 Å². The number of benzene rings is 2. The molecular formula is C56H86N2O10. The first-order valence-electron chi connectivity index (χ1n) is 26.0. The minimum Gasteiger partial charge on any atom is -0.459 e. The molecule has 3 aliphatic rings. The van der Waals surface area contributed by atoms with Crippen molar-refractivity contribution in [2.24, 2.45) is 22.9 Å². The Hall–Kier alpha value is -3.94. The van der Waals surface area contributed by atoms with Crippen LogP contribution in [0.25, 0.3) is 0 Å². The van der Waals surface area contributed by atoms with Crippen LogP contribution in [-0.4, -0.2) is 102 Å². The first-order chi connectivity index (χ1) is 32.9. The third-order valence-electron chi connectivity index (χ3n) is 13.8. The predicted molar refractivity (Wildman–Crippen MR) is 270 cm³/mol. The highest BCUT2D eigenvalue weighted by Gasteiger charge is 2.65. The zero-order valence-corrected chi connectivity index (χ0v) is 42.5. The molecule has 0 aromatic heterocycles. The van der Waals surface area contributed by atoms with Crippen molar-refractivity contribution >= 4 is 11.8 Å². The lowest BCUT2D eigenvalue weighted by Crippen LogP contribution is -2.70. The number of unbranched alkanes of at least 4 members (excludes halogenated alkanes) is 11. The van der Waals surface area contributed by atoms with Gasteiger partial charge in [0.1, 0.15) is 28.9 Å². The molecule has 0 radical (unpaired) electrons. The van der Waals surface area contributed by atoms with E-state index in [9.17, 15) is 20.1 Å². The lowest BCUT2D eigenvalue weighted by molar-refractivity contribution is -0.256. The molecule has 12 nitrogen and oxygen atoms in total. The van der Waals surface area contributed by atoms with Crippen LogP contribution in [0.2, 0.25) is 0 Å². The Morgan fingerprint density at radius 2 is 1.51 bits per heavy atom. The molecule has 68 heavy (non-hydrogen) atoms. The number of amides is 1. The van der Waals surface area contributed by atoms with Crippen LogP contribution >= 0.6 is 0 Å². The summed E-state index contributed by atoms with van der Waals surface area (Å²) in [4.78, 5) is 22.8. The molecule has 12 heteroatoms. The van der Waals surface area contributed by atoms with Crippen molar-refractivity contribution < 1.29 is 48.6 Å². The fraction of sp³-hybridized carbons (Fsp3) is 0.679. The summed E-state index contributed by atoms with van der Waals surface area (Å²) in [7, 11) is 0. The van der Waals surface area contributed by atoms with Gasteiger partial charge in [-0.3, -0.25) is 4.90 Å². The molecule has 1 aliphatic heterocycles. The van der Waals surface area contributed by atoms with E-state index in [1.165, 1.54) is 50.5 Å². The van der Waals surface area contributed by atoms with Crippen molar-refractivity contribution in [3.63, 3.8) is 0 Å². The lowest BCUT2D eigenvalue weighted by Gasteiger charge is -2.60. The van der Waals surface area contributed by atoms with Gasteiger partial charge < -0.3 is 43.8 Å². The normalized spacial score (nSPS) is 22.5. The van der Waals surface area contributed by atoms with E-state index in [4.69, 9.17) is 33.7 Å². The number of aliphatic hydroxyl groups is 3.